The van der Waals surface area contributed by atoms with Crippen LogP contribution in [0.15, 0.2) is 39.3 Å². The number of hydrogen-bond acceptors (Lipinski definition) is 11. The number of imidazole rings is 1. The number of rotatable bonds is 10. The van der Waals surface area contributed by atoms with E-state index in [9.17, 15) is 40.3 Å². The van der Waals surface area contributed by atoms with Crippen LogP contribution in [-0.4, -0.2) is 65.9 Å². The predicted octanol–water partition coefficient (Wildman–Crippen LogP) is 2.71. The number of hydrogen-bond donors (Lipinski definition) is 4. The van der Waals surface area contributed by atoms with Crippen molar-refractivity contribution in [2.24, 2.45) is 4.99 Å². The zero-order valence-electron chi connectivity index (χ0n) is 30.6. The van der Waals surface area contributed by atoms with Crippen LogP contribution in [0.25, 0.3) is 5.57 Å². The summed E-state index contributed by atoms with van der Waals surface area (Å²) in [6, 6.07) is 2.89. The minimum Gasteiger partial charge on any atom is -0.453 e. The molecule has 288 valence electrons. The van der Waals surface area contributed by atoms with Crippen LogP contribution in [0.2, 0.25) is 0 Å². The molecule has 1 aromatic heterocycles. The Bertz CT molecular complexity index is 2510. The fraction of sp³-hybridized carbons (Fsp3) is 0.472. The third kappa shape index (κ3) is 5.99. The minimum atomic E-state index is -5.03. The summed E-state index contributed by atoms with van der Waals surface area (Å²) in [5.74, 6) is -2.01. The summed E-state index contributed by atoms with van der Waals surface area (Å²) >= 11 is 0. The van der Waals surface area contributed by atoms with Crippen molar-refractivity contribution in [2.75, 3.05) is 5.32 Å². The number of nitrogens with zero attached hydrogens (tertiary/aromatic N) is 3. The monoisotopic (exact) mass is 784 g/mol. The van der Waals surface area contributed by atoms with Crippen molar-refractivity contribution in [3.63, 3.8) is 0 Å². The number of H-pyrrole nitrogens is 1. The van der Waals surface area contributed by atoms with E-state index in [0.717, 1.165) is 0 Å². The SMILES string of the molecule is CC1N=c2c(cc3c(c2S(=O)(=O)O)Oc2c(cc4c(c2S(=O)(=O)O)NC(C)C4(C)C)C=3c2[nH]cc[n+]2CCCCCC(=O)ON2C(=O)CCC2=O)C1(C)C. The highest BCUT2D eigenvalue weighted by atomic mass is 32.2. The number of imide groups is 1. The topological polar surface area (TPSA) is 226 Å². The quantitative estimate of drug-likeness (QED) is 0.0789. The van der Waals surface area contributed by atoms with Crippen LogP contribution in [-0.2, 0) is 56.8 Å². The molecule has 2 unspecified atom stereocenters. The Morgan fingerprint density at radius 2 is 1.63 bits per heavy atom. The van der Waals surface area contributed by atoms with Crippen LogP contribution >= 0.6 is 0 Å². The van der Waals surface area contributed by atoms with Gasteiger partial charge in [0.05, 0.1) is 29.2 Å². The number of ether oxygens (including phenoxy) is 1. The number of nitrogens with one attached hydrogen (secondary N) is 2. The normalized spacial score (nSPS) is 20.8. The zero-order valence-corrected chi connectivity index (χ0v) is 32.3. The van der Waals surface area contributed by atoms with Crippen molar-refractivity contribution in [2.45, 2.75) is 119 Å². The Hall–Kier alpha value is -4.65. The molecule has 2 amide bonds. The maximum Gasteiger partial charge on any atom is 0.333 e. The van der Waals surface area contributed by atoms with E-state index < -0.39 is 64.7 Å². The summed E-state index contributed by atoms with van der Waals surface area (Å²) in [6.45, 7) is 11.8. The highest BCUT2D eigenvalue weighted by Gasteiger charge is 2.46. The van der Waals surface area contributed by atoms with Gasteiger partial charge in [-0.2, -0.15) is 16.8 Å². The van der Waals surface area contributed by atoms with Gasteiger partial charge in [-0.05, 0) is 56.4 Å². The van der Waals surface area contributed by atoms with E-state index in [4.69, 9.17) is 9.57 Å². The molecule has 5 heterocycles. The standard InChI is InChI=1S/C36H41N5O11S2/c1-18-35(3,4)22-16-20-27(34-37-13-15-40(34)14-9-7-8-10-26(44)52-41-24(42)11-12-25(41)43)21-17-23-29(39-19(2)36(23,5)6)33(54(48,49)50)31(21)51-30(20)32(28(22)38-18)53(45,46)47/h13,15-19H,7-12,14H2,1-6H3,(H3,38,39,45,46,47,48,49,50)/p+1. The molecule has 0 spiro atoms. The predicted molar refractivity (Wildman–Crippen MR) is 190 cm³/mol. The summed E-state index contributed by atoms with van der Waals surface area (Å²) in [4.78, 5) is 47.6. The van der Waals surface area contributed by atoms with Crippen molar-refractivity contribution < 1.29 is 54.5 Å². The highest BCUT2D eigenvalue weighted by Crippen LogP contribution is 2.52. The molecule has 0 aliphatic carbocycles. The first-order chi connectivity index (χ1) is 25.1. The van der Waals surface area contributed by atoms with Gasteiger partial charge in [-0.1, -0.05) is 27.7 Å². The first-order valence-corrected chi connectivity index (χ1v) is 20.6. The van der Waals surface area contributed by atoms with Crippen LogP contribution in [0, 0.1) is 0 Å². The van der Waals surface area contributed by atoms with Crippen molar-refractivity contribution in [3.8, 4) is 11.5 Å². The molecule has 0 radical (unpaired) electrons. The van der Waals surface area contributed by atoms with Gasteiger partial charge in [0, 0.05) is 46.9 Å². The molecule has 1 saturated heterocycles. The number of aryl methyl sites for hydroxylation is 1. The maximum atomic E-state index is 13.3. The first kappa shape index (κ1) is 37.7. The molecule has 4 aliphatic heterocycles. The van der Waals surface area contributed by atoms with Gasteiger partial charge in [-0.3, -0.25) is 23.7 Å². The fourth-order valence-corrected chi connectivity index (χ4v) is 9.22. The number of unbranched alkanes of at least 4 members (excludes halogenated alkanes) is 2. The Kier molecular flexibility index (Phi) is 8.86. The van der Waals surface area contributed by atoms with Gasteiger partial charge in [0.1, 0.15) is 12.4 Å². The molecule has 54 heavy (non-hydrogen) atoms. The van der Waals surface area contributed by atoms with Crippen molar-refractivity contribution in [1.82, 2.24) is 10.0 Å². The molecule has 4 N–H and O–H groups in total. The fourth-order valence-electron chi connectivity index (χ4n) is 7.61. The molecule has 18 heteroatoms. The molecule has 2 aromatic carbocycles. The van der Waals surface area contributed by atoms with E-state index in [0.29, 0.717) is 53.4 Å². The first-order valence-electron chi connectivity index (χ1n) is 17.7. The summed E-state index contributed by atoms with van der Waals surface area (Å²) in [5, 5.41) is 3.96. The van der Waals surface area contributed by atoms with E-state index in [2.05, 4.69) is 15.3 Å². The average molecular weight is 785 g/mol. The van der Waals surface area contributed by atoms with Crippen LogP contribution in [0.1, 0.15) is 103 Å². The lowest BCUT2D eigenvalue weighted by Gasteiger charge is -2.28. The second-order valence-corrected chi connectivity index (χ2v) is 18.1. The Morgan fingerprint density at radius 1 is 0.963 bits per heavy atom. The van der Waals surface area contributed by atoms with Crippen LogP contribution in [0.4, 0.5) is 5.69 Å². The molecule has 16 nitrogen and oxygen atoms in total. The lowest BCUT2D eigenvalue weighted by Crippen LogP contribution is -2.39. The lowest BCUT2D eigenvalue weighted by molar-refractivity contribution is -0.698. The van der Waals surface area contributed by atoms with E-state index in [1.54, 1.807) is 24.5 Å². The number of aromatic nitrogens is 2. The Labute approximate surface area is 311 Å². The van der Waals surface area contributed by atoms with Gasteiger partial charge in [-0.25, -0.2) is 14.3 Å². The number of carbonyl (C=O) groups is 3. The number of carbonyl (C=O) groups excluding carboxylic acids is 3. The van der Waals surface area contributed by atoms with Crippen molar-refractivity contribution >= 4 is 49.3 Å². The number of anilines is 1. The third-order valence-corrected chi connectivity index (χ3v) is 13.2. The van der Waals surface area contributed by atoms with E-state index in [1.165, 1.54) is 0 Å². The Balaban J connectivity index is 1.37. The largest absolute Gasteiger partial charge is 0.453 e. The molecule has 7 rings (SSSR count). The highest BCUT2D eigenvalue weighted by molar-refractivity contribution is 7.86. The summed E-state index contributed by atoms with van der Waals surface area (Å²) in [7, 11) is -10.0. The molecule has 3 aromatic rings. The number of hydroxylamine groups is 2. The number of fused-ring (bicyclic) bond motifs is 4. The van der Waals surface area contributed by atoms with Crippen LogP contribution in [0.3, 0.4) is 0 Å². The summed E-state index contributed by atoms with van der Waals surface area (Å²) in [5.41, 5.74) is 0.604. The maximum absolute atomic E-state index is 13.3. The van der Waals surface area contributed by atoms with Crippen LogP contribution in [0.5, 0.6) is 11.5 Å². The van der Waals surface area contributed by atoms with Gasteiger partial charge >= 0.3 is 5.97 Å². The van der Waals surface area contributed by atoms with Gasteiger partial charge in [-0.15, -0.1) is 5.06 Å². The number of amides is 2. The zero-order chi connectivity index (χ0) is 39.3. The van der Waals surface area contributed by atoms with E-state index in [-0.39, 0.29) is 58.6 Å². The molecule has 0 bridgehead atoms. The van der Waals surface area contributed by atoms with Crippen molar-refractivity contribution in [3.05, 3.63) is 57.6 Å². The molecular formula is C36H42N5O11S2+. The molecule has 0 saturated carbocycles. The van der Waals surface area contributed by atoms with Gasteiger partial charge in [0.25, 0.3) is 37.9 Å². The molecule has 2 atom stereocenters. The second kappa shape index (κ2) is 12.7. The van der Waals surface area contributed by atoms with Gasteiger partial charge in [0.15, 0.2) is 21.3 Å². The molecule has 1 fully saturated rings. The Morgan fingerprint density at radius 3 is 2.28 bits per heavy atom. The minimum absolute atomic E-state index is 0.00159. The van der Waals surface area contributed by atoms with Crippen LogP contribution < -0.4 is 25.2 Å². The summed E-state index contributed by atoms with van der Waals surface area (Å²) in [6.07, 6.45) is 4.91. The number of benzene rings is 2. The molecule has 4 aliphatic rings. The van der Waals surface area contributed by atoms with Gasteiger partial charge < -0.3 is 14.9 Å². The van der Waals surface area contributed by atoms with Gasteiger partial charge in [0.2, 0.25) is 0 Å². The summed E-state index contributed by atoms with van der Waals surface area (Å²) < 4.78 is 82.8. The number of aromatic amines is 1. The van der Waals surface area contributed by atoms with E-state index >= 15 is 0 Å². The van der Waals surface area contributed by atoms with E-state index in [1.807, 2.05) is 46.1 Å². The molecular weight excluding hydrogens is 743 g/mol. The lowest BCUT2D eigenvalue weighted by atomic mass is 9.79. The second-order valence-electron chi connectivity index (χ2n) is 15.4. The van der Waals surface area contributed by atoms with Crippen molar-refractivity contribution in [1.29, 1.82) is 0 Å². The average Bonchev–Trinajstić information content (AvgIpc) is 3.77. The smallest absolute Gasteiger partial charge is 0.333 e. The third-order valence-electron chi connectivity index (χ3n) is 11.4.